The van der Waals surface area contributed by atoms with Gasteiger partial charge in [-0.2, -0.15) is 5.10 Å². The second-order valence-electron chi connectivity index (χ2n) is 9.50. The van der Waals surface area contributed by atoms with Crippen molar-refractivity contribution < 1.29 is 24.2 Å². The highest BCUT2D eigenvalue weighted by Crippen LogP contribution is 2.30. The zero-order chi connectivity index (χ0) is 25.8. The van der Waals surface area contributed by atoms with E-state index in [1.54, 1.807) is 49.7 Å². The van der Waals surface area contributed by atoms with Crippen molar-refractivity contribution in [1.29, 1.82) is 0 Å². The Balaban J connectivity index is 2.08. The summed E-state index contributed by atoms with van der Waals surface area (Å²) in [5.41, 5.74) is -0.299. The van der Waals surface area contributed by atoms with Crippen LogP contribution in [0.15, 0.2) is 60.7 Å². The number of ether oxygens (including phenoxy) is 2. The van der Waals surface area contributed by atoms with Crippen molar-refractivity contribution >= 4 is 35.2 Å². The molecular formula is C26H30ClN3O5. The molecule has 0 saturated heterocycles. The zero-order valence-corrected chi connectivity index (χ0v) is 21.2. The molecule has 0 atom stereocenters. The number of halogens is 1. The van der Waals surface area contributed by atoms with Crippen molar-refractivity contribution in [3.05, 3.63) is 76.9 Å². The van der Waals surface area contributed by atoms with Gasteiger partial charge in [-0.25, -0.2) is 19.2 Å². The first kappa shape index (κ1) is 26.2. The van der Waals surface area contributed by atoms with Crippen LogP contribution in [0, 0.1) is 0 Å². The van der Waals surface area contributed by atoms with E-state index in [9.17, 15) is 14.7 Å². The molecule has 1 N–H and O–H groups in total. The number of carboxylic acids is 1. The minimum absolute atomic E-state index is 0.0707. The summed E-state index contributed by atoms with van der Waals surface area (Å²) in [6.45, 7) is 8.51. The van der Waals surface area contributed by atoms with Crippen LogP contribution in [0.1, 0.15) is 45.9 Å². The number of aromatic nitrogens is 2. The summed E-state index contributed by atoms with van der Waals surface area (Å²) in [5, 5.41) is 14.6. The Bertz CT molecular complexity index is 1190. The molecule has 1 aromatic heterocycles. The third kappa shape index (κ3) is 6.83. The van der Waals surface area contributed by atoms with Gasteiger partial charge in [-0.05, 0) is 58.4 Å². The fourth-order valence-electron chi connectivity index (χ4n) is 3.15. The van der Waals surface area contributed by atoms with E-state index in [4.69, 9.17) is 21.1 Å². The largest absolute Gasteiger partial charge is 0.479 e. The number of carboxylic acid groups (broad SMARTS) is 1. The maximum atomic E-state index is 13.4. The lowest BCUT2D eigenvalue weighted by molar-refractivity contribution is -0.162. The number of nitrogens with zero attached hydrogens (tertiary/aromatic N) is 3. The average Bonchev–Trinajstić information content (AvgIpc) is 3.16. The molecule has 1 heterocycles. The van der Waals surface area contributed by atoms with Crippen molar-refractivity contribution in [3.8, 4) is 0 Å². The van der Waals surface area contributed by atoms with Crippen LogP contribution in [0.25, 0.3) is 0 Å². The van der Waals surface area contributed by atoms with Gasteiger partial charge in [0, 0.05) is 11.1 Å². The van der Waals surface area contributed by atoms with E-state index in [1.807, 2.05) is 36.4 Å². The van der Waals surface area contributed by atoms with Gasteiger partial charge in [-0.1, -0.05) is 48.0 Å². The molecule has 0 aliphatic heterocycles. The molecule has 0 radical (unpaired) electrons. The van der Waals surface area contributed by atoms with Crippen LogP contribution in [-0.2, 0) is 27.4 Å². The van der Waals surface area contributed by atoms with Crippen molar-refractivity contribution in [3.63, 3.8) is 0 Å². The molecule has 2 aromatic carbocycles. The molecule has 3 aromatic rings. The fourth-order valence-corrected chi connectivity index (χ4v) is 3.34. The van der Waals surface area contributed by atoms with Gasteiger partial charge in [0.15, 0.2) is 5.60 Å². The Kier molecular flexibility index (Phi) is 7.87. The normalized spacial score (nSPS) is 11.8. The van der Waals surface area contributed by atoms with Gasteiger partial charge in [-0.3, -0.25) is 0 Å². The lowest BCUT2D eigenvalue weighted by Crippen LogP contribution is -2.35. The first-order chi connectivity index (χ1) is 16.4. The molecule has 8 nitrogen and oxygen atoms in total. The number of carbonyl (C=O) groups excluding carboxylic acids is 1. The number of anilines is 2. The monoisotopic (exact) mass is 499 g/mol. The van der Waals surface area contributed by atoms with Crippen LogP contribution in [0.4, 0.5) is 16.3 Å². The number of rotatable bonds is 8. The molecule has 35 heavy (non-hydrogen) atoms. The lowest BCUT2D eigenvalue weighted by atomic mass is 10.1. The van der Waals surface area contributed by atoms with E-state index < -0.39 is 23.3 Å². The summed E-state index contributed by atoms with van der Waals surface area (Å²) >= 11 is 6.40. The second kappa shape index (κ2) is 10.5. The highest BCUT2D eigenvalue weighted by atomic mass is 35.5. The van der Waals surface area contributed by atoms with Gasteiger partial charge in [0.2, 0.25) is 0 Å². The predicted octanol–water partition coefficient (Wildman–Crippen LogP) is 6.04. The summed E-state index contributed by atoms with van der Waals surface area (Å²) in [4.78, 5) is 26.3. The van der Waals surface area contributed by atoms with Crippen molar-refractivity contribution in [2.24, 2.45) is 0 Å². The summed E-state index contributed by atoms with van der Waals surface area (Å²) in [6, 6.07) is 18.1. The Morgan fingerprint density at radius 1 is 1.03 bits per heavy atom. The molecule has 0 saturated carbocycles. The Labute approximate surface area is 210 Å². The van der Waals surface area contributed by atoms with Crippen LogP contribution in [0.5, 0.6) is 0 Å². The zero-order valence-electron chi connectivity index (χ0n) is 20.5. The van der Waals surface area contributed by atoms with E-state index in [2.05, 4.69) is 5.10 Å². The Morgan fingerprint density at radius 3 is 2.26 bits per heavy atom. The van der Waals surface area contributed by atoms with Crippen LogP contribution in [0.2, 0.25) is 5.02 Å². The minimum Gasteiger partial charge on any atom is -0.479 e. The minimum atomic E-state index is -1.41. The molecule has 186 valence electrons. The van der Waals surface area contributed by atoms with Gasteiger partial charge in [0.05, 0.1) is 24.5 Å². The summed E-state index contributed by atoms with van der Waals surface area (Å²) in [5.74, 6) is -0.662. The van der Waals surface area contributed by atoms with Gasteiger partial charge in [0.1, 0.15) is 11.4 Å². The summed E-state index contributed by atoms with van der Waals surface area (Å²) in [6.07, 6.45) is -0.581. The summed E-state index contributed by atoms with van der Waals surface area (Å²) in [7, 11) is 0. The molecule has 0 fully saturated rings. The quantitative estimate of drug-likeness (QED) is 0.406. The standard InChI is InChI=1S/C26H30ClN3O5/c1-25(2,3)35-24(33)30(20-12-7-6-8-13-20)22-15-19(17-34-26(4,5)23(31)32)28-29(22)16-18-11-9-10-14-21(18)27/h6-15H,16-17H2,1-5H3,(H,31,32). The van der Waals surface area contributed by atoms with E-state index in [1.165, 1.54) is 18.7 Å². The Morgan fingerprint density at radius 2 is 1.66 bits per heavy atom. The topological polar surface area (TPSA) is 93.9 Å². The number of hydrogen-bond donors (Lipinski definition) is 1. The number of para-hydroxylation sites is 1. The van der Waals surface area contributed by atoms with Crippen molar-refractivity contribution in [1.82, 2.24) is 9.78 Å². The average molecular weight is 500 g/mol. The molecule has 1 amide bonds. The van der Waals surface area contributed by atoms with E-state index >= 15 is 0 Å². The first-order valence-electron chi connectivity index (χ1n) is 11.1. The number of benzene rings is 2. The van der Waals surface area contributed by atoms with Crippen LogP contribution >= 0.6 is 11.6 Å². The maximum Gasteiger partial charge on any atom is 0.420 e. The molecule has 0 aliphatic rings. The molecule has 9 heteroatoms. The Hall–Kier alpha value is -3.36. The van der Waals surface area contributed by atoms with E-state index in [-0.39, 0.29) is 13.2 Å². The smallest absolute Gasteiger partial charge is 0.420 e. The predicted molar refractivity (Wildman–Crippen MR) is 134 cm³/mol. The summed E-state index contributed by atoms with van der Waals surface area (Å²) < 4.78 is 12.9. The number of carbonyl (C=O) groups is 2. The lowest BCUT2D eigenvalue weighted by Gasteiger charge is -2.27. The van der Waals surface area contributed by atoms with E-state index in [0.717, 1.165) is 5.56 Å². The molecule has 0 bridgehead atoms. The fraction of sp³-hybridized carbons (Fsp3) is 0.346. The van der Waals surface area contributed by atoms with Gasteiger partial charge in [-0.15, -0.1) is 0 Å². The number of amides is 1. The molecule has 0 unspecified atom stereocenters. The molecule has 0 aliphatic carbocycles. The third-order valence-electron chi connectivity index (χ3n) is 5.00. The molecular weight excluding hydrogens is 470 g/mol. The van der Waals surface area contributed by atoms with Gasteiger partial charge < -0.3 is 14.6 Å². The third-order valence-corrected chi connectivity index (χ3v) is 5.37. The second-order valence-corrected chi connectivity index (χ2v) is 9.91. The maximum absolute atomic E-state index is 13.4. The van der Waals surface area contributed by atoms with Crippen LogP contribution in [0.3, 0.4) is 0 Å². The van der Waals surface area contributed by atoms with Gasteiger partial charge in [0.25, 0.3) is 0 Å². The molecule has 3 rings (SSSR count). The highest BCUT2D eigenvalue weighted by Gasteiger charge is 2.31. The number of aliphatic carboxylic acids is 1. The number of hydrogen-bond acceptors (Lipinski definition) is 5. The molecule has 0 spiro atoms. The van der Waals surface area contributed by atoms with Gasteiger partial charge >= 0.3 is 12.1 Å². The first-order valence-corrected chi connectivity index (χ1v) is 11.5. The van der Waals surface area contributed by atoms with Crippen molar-refractivity contribution in [2.75, 3.05) is 4.90 Å². The van der Waals surface area contributed by atoms with Crippen molar-refractivity contribution in [2.45, 2.75) is 59.0 Å². The van der Waals surface area contributed by atoms with Crippen LogP contribution < -0.4 is 4.90 Å². The van der Waals surface area contributed by atoms with Crippen LogP contribution in [-0.4, -0.2) is 38.2 Å². The highest BCUT2D eigenvalue weighted by molar-refractivity contribution is 6.31. The van der Waals surface area contributed by atoms with E-state index in [0.29, 0.717) is 22.2 Å². The SMILES string of the molecule is CC(C)(C)OC(=O)N(c1ccccc1)c1cc(COC(C)(C)C(=O)O)nn1Cc1ccccc1Cl.